The predicted molar refractivity (Wildman–Crippen MR) is 59.0 cm³/mol. The fourth-order valence-electron chi connectivity index (χ4n) is 2.22. The highest BCUT2D eigenvalue weighted by molar-refractivity contribution is 5.68. The van der Waals surface area contributed by atoms with Crippen LogP contribution in [0.4, 0.5) is 4.79 Å². The van der Waals surface area contributed by atoms with Crippen molar-refractivity contribution in [2.75, 3.05) is 19.7 Å². The number of carbonyl (C=O) groups excluding carboxylic acids is 1. The van der Waals surface area contributed by atoms with Gasteiger partial charge in [-0.1, -0.05) is 0 Å². The summed E-state index contributed by atoms with van der Waals surface area (Å²) in [6, 6.07) is 0.0532. The lowest BCUT2D eigenvalue weighted by atomic mass is 10.0. The van der Waals surface area contributed by atoms with Crippen molar-refractivity contribution in [2.24, 2.45) is 11.7 Å². The first-order chi connectivity index (χ1) is 7.37. The number of carbonyl (C=O) groups is 1. The molecule has 5 nitrogen and oxygen atoms in total. The third kappa shape index (κ3) is 2.30. The zero-order valence-corrected chi connectivity index (χ0v) is 10.1. The Balaban J connectivity index is 1.92. The van der Waals surface area contributed by atoms with E-state index in [2.05, 4.69) is 0 Å². The molecule has 0 aromatic rings. The number of nitrogens with zero attached hydrogens (tertiary/aromatic N) is 1. The Labute approximate surface area is 95.9 Å². The zero-order chi connectivity index (χ0) is 11.9. The molecule has 2 N–H and O–H groups in total. The van der Waals surface area contributed by atoms with Crippen molar-refractivity contribution < 1.29 is 14.3 Å². The summed E-state index contributed by atoms with van der Waals surface area (Å²) in [6.07, 6.45) is -0.166. The SMILES string of the molecule is CC(C)(C)OC(=O)N1C[C@H]2[C@H](N)CO[C@@H]2C1. The van der Waals surface area contributed by atoms with Crippen molar-refractivity contribution in [1.82, 2.24) is 4.90 Å². The molecule has 2 aliphatic rings. The lowest BCUT2D eigenvalue weighted by Gasteiger charge is -2.25. The van der Waals surface area contributed by atoms with Crippen molar-refractivity contribution >= 4 is 6.09 Å². The molecule has 2 fully saturated rings. The Morgan fingerprint density at radius 3 is 2.69 bits per heavy atom. The van der Waals surface area contributed by atoms with Crippen LogP contribution in [0, 0.1) is 5.92 Å². The summed E-state index contributed by atoms with van der Waals surface area (Å²) in [7, 11) is 0. The average Bonchev–Trinajstić information content (AvgIpc) is 2.65. The Morgan fingerprint density at radius 1 is 1.44 bits per heavy atom. The van der Waals surface area contributed by atoms with Gasteiger partial charge in [0.1, 0.15) is 5.60 Å². The molecule has 2 aliphatic heterocycles. The molecule has 92 valence electrons. The summed E-state index contributed by atoms with van der Waals surface area (Å²) in [5.41, 5.74) is 5.46. The molecule has 0 saturated carbocycles. The van der Waals surface area contributed by atoms with Crippen molar-refractivity contribution in [3.8, 4) is 0 Å². The van der Waals surface area contributed by atoms with E-state index in [0.29, 0.717) is 19.7 Å². The van der Waals surface area contributed by atoms with Crippen molar-refractivity contribution in [2.45, 2.75) is 38.5 Å². The summed E-state index contributed by atoms with van der Waals surface area (Å²) in [5.74, 6) is 0.271. The van der Waals surface area contributed by atoms with Gasteiger partial charge in [-0.2, -0.15) is 0 Å². The fraction of sp³-hybridized carbons (Fsp3) is 0.909. The summed E-state index contributed by atoms with van der Waals surface area (Å²) < 4.78 is 10.8. The van der Waals surface area contributed by atoms with Crippen LogP contribution in [0.25, 0.3) is 0 Å². The highest BCUT2D eigenvalue weighted by atomic mass is 16.6. The molecule has 1 amide bonds. The Morgan fingerprint density at radius 2 is 2.12 bits per heavy atom. The number of amides is 1. The molecule has 0 unspecified atom stereocenters. The maximum Gasteiger partial charge on any atom is 0.410 e. The number of hydrogen-bond acceptors (Lipinski definition) is 4. The molecule has 0 aliphatic carbocycles. The second kappa shape index (κ2) is 3.89. The molecule has 0 spiro atoms. The standard InChI is InChI=1S/C11H20N2O3/c1-11(2,3)16-10(14)13-4-7-8(12)6-15-9(7)5-13/h7-9H,4-6,12H2,1-3H3/t7-,8+,9+/m0/s1. The third-order valence-electron chi connectivity index (χ3n) is 3.01. The number of likely N-dealkylation sites (tertiary alicyclic amines) is 1. The maximum atomic E-state index is 11.8. The van der Waals surface area contributed by atoms with E-state index in [4.69, 9.17) is 15.2 Å². The van der Waals surface area contributed by atoms with Crippen LogP contribution < -0.4 is 5.73 Å². The fourth-order valence-corrected chi connectivity index (χ4v) is 2.22. The summed E-state index contributed by atoms with van der Waals surface area (Å²) in [4.78, 5) is 13.5. The van der Waals surface area contributed by atoms with Gasteiger partial charge in [0.05, 0.1) is 19.3 Å². The summed E-state index contributed by atoms with van der Waals surface area (Å²) in [6.45, 7) is 7.46. The number of ether oxygens (including phenoxy) is 2. The van der Waals surface area contributed by atoms with Gasteiger partial charge >= 0.3 is 6.09 Å². The number of fused-ring (bicyclic) bond motifs is 1. The predicted octanol–water partition coefficient (Wildman–Crippen LogP) is 0.579. The Bertz CT molecular complexity index is 287. The lowest BCUT2D eigenvalue weighted by molar-refractivity contribution is 0.0231. The monoisotopic (exact) mass is 228 g/mol. The number of hydrogen-bond donors (Lipinski definition) is 1. The van der Waals surface area contributed by atoms with E-state index in [1.54, 1.807) is 4.90 Å². The van der Waals surface area contributed by atoms with Crippen LogP contribution in [0.15, 0.2) is 0 Å². The van der Waals surface area contributed by atoms with Gasteiger partial charge in [-0.05, 0) is 20.8 Å². The van der Waals surface area contributed by atoms with E-state index in [1.165, 1.54) is 0 Å². The van der Waals surface area contributed by atoms with Crippen molar-refractivity contribution in [3.05, 3.63) is 0 Å². The summed E-state index contributed by atoms with van der Waals surface area (Å²) >= 11 is 0. The topological polar surface area (TPSA) is 64.8 Å². The summed E-state index contributed by atoms with van der Waals surface area (Å²) in [5, 5.41) is 0. The number of nitrogens with two attached hydrogens (primary N) is 1. The van der Waals surface area contributed by atoms with E-state index >= 15 is 0 Å². The lowest BCUT2D eigenvalue weighted by Crippen LogP contribution is -2.38. The van der Waals surface area contributed by atoms with Gasteiger partial charge in [-0.15, -0.1) is 0 Å². The van der Waals surface area contributed by atoms with Crippen molar-refractivity contribution in [3.63, 3.8) is 0 Å². The van der Waals surface area contributed by atoms with Gasteiger partial charge in [0.15, 0.2) is 0 Å². The van der Waals surface area contributed by atoms with Crippen LogP contribution >= 0.6 is 0 Å². The first-order valence-electron chi connectivity index (χ1n) is 5.72. The molecule has 5 heteroatoms. The quantitative estimate of drug-likeness (QED) is 0.658. The van der Waals surface area contributed by atoms with Gasteiger partial charge in [0, 0.05) is 18.5 Å². The van der Waals surface area contributed by atoms with Gasteiger partial charge in [0.25, 0.3) is 0 Å². The van der Waals surface area contributed by atoms with E-state index in [0.717, 1.165) is 0 Å². The average molecular weight is 228 g/mol. The highest BCUT2D eigenvalue weighted by Gasteiger charge is 2.44. The minimum atomic E-state index is -0.447. The molecule has 0 radical (unpaired) electrons. The number of rotatable bonds is 0. The van der Waals surface area contributed by atoms with Crippen LogP contribution in [0.3, 0.4) is 0 Å². The van der Waals surface area contributed by atoms with Crippen LogP contribution in [0.1, 0.15) is 20.8 Å². The first-order valence-corrected chi connectivity index (χ1v) is 5.72. The maximum absolute atomic E-state index is 11.8. The molecule has 0 bridgehead atoms. The zero-order valence-electron chi connectivity index (χ0n) is 10.1. The van der Waals surface area contributed by atoms with Gasteiger partial charge in [0.2, 0.25) is 0 Å². The second-order valence-corrected chi connectivity index (χ2v) is 5.58. The molecule has 3 atom stereocenters. The molecule has 2 saturated heterocycles. The van der Waals surface area contributed by atoms with Crippen LogP contribution in [0.5, 0.6) is 0 Å². The van der Waals surface area contributed by atoms with Crippen LogP contribution in [-0.4, -0.2) is 48.4 Å². The smallest absolute Gasteiger partial charge is 0.410 e. The molecule has 2 rings (SSSR count). The molecule has 0 aromatic heterocycles. The molecule has 2 heterocycles. The van der Waals surface area contributed by atoms with Crippen LogP contribution in [0.2, 0.25) is 0 Å². The highest BCUT2D eigenvalue weighted by Crippen LogP contribution is 2.29. The van der Waals surface area contributed by atoms with Crippen LogP contribution in [-0.2, 0) is 9.47 Å². The largest absolute Gasteiger partial charge is 0.444 e. The molecule has 16 heavy (non-hydrogen) atoms. The molecular formula is C11H20N2O3. The van der Waals surface area contributed by atoms with Gasteiger partial charge in [-0.25, -0.2) is 4.79 Å². The second-order valence-electron chi connectivity index (χ2n) is 5.58. The molecule has 0 aromatic carbocycles. The first kappa shape index (κ1) is 11.7. The molecular weight excluding hydrogens is 208 g/mol. The van der Waals surface area contributed by atoms with E-state index in [1.807, 2.05) is 20.8 Å². The van der Waals surface area contributed by atoms with E-state index in [9.17, 15) is 4.79 Å². The van der Waals surface area contributed by atoms with E-state index < -0.39 is 5.60 Å². The minimum absolute atomic E-state index is 0.0532. The Kier molecular flexibility index (Phi) is 2.84. The Hall–Kier alpha value is -0.810. The van der Waals surface area contributed by atoms with Crippen molar-refractivity contribution in [1.29, 1.82) is 0 Å². The normalized spacial score (nSPS) is 34.0. The minimum Gasteiger partial charge on any atom is -0.444 e. The third-order valence-corrected chi connectivity index (χ3v) is 3.01. The van der Waals surface area contributed by atoms with Gasteiger partial charge in [-0.3, -0.25) is 0 Å². The van der Waals surface area contributed by atoms with E-state index in [-0.39, 0.29) is 24.2 Å². The van der Waals surface area contributed by atoms with Gasteiger partial charge < -0.3 is 20.1 Å².